The van der Waals surface area contributed by atoms with Gasteiger partial charge in [-0.3, -0.25) is 4.79 Å². The van der Waals surface area contributed by atoms with Crippen LogP contribution in [0.1, 0.15) is 35.4 Å². The summed E-state index contributed by atoms with van der Waals surface area (Å²) in [5, 5.41) is 2.47. The number of carbonyl (C=O) groups excluding carboxylic acids is 1. The molecule has 176 valence electrons. The van der Waals surface area contributed by atoms with Gasteiger partial charge in [0.05, 0.1) is 25.0 Å². The highest BCUT2D eigenvalue weighted by molar-refractivity contribution is 5.89. The van der Waals surface area contributed by atoms with Crippen molar-refractivity contribution in [3.05, 3.63) is 71.4 Å². The number of nitrogens with zero attached hydrogens (tertiary/aromatic N) is 4. The Morgan fingerprint density at radius 1 is 1.18 bits per heavy atom. The van der Waals surface area contributed by atoms with E-state index < -0.39 is 0 Å². The van der Waals surface area contributed by atoms with Gasteiger partial charge >= 0.3 is 6.01 Å². The quantitative estimate of drug-likeness (QED) is 0.539. The van der Waals surface area contributed by atoms with Gasteiger partial charge in [-0.2, -0.15) is 9.97 Å². The van der Waals surface area contributed by atoms with Gasteiger partial charge < -0.3 is 19.3 Å². The smallest absolute Gasteiger partial charge is 0.318 e. The number of anilines is 1. The van der Waals surface area contributed by atoms with E-state index in [9.17, 15) is 4.79 Å². The molecule has 1 atom stereocenters. The lowest BCUT2D eigenvalue weighted by Crippen LogP contribution is -2.49. The summed E-state index contributed by atoms with van der Waals surface area (Å²) in [6.45, 7) is 11.3. The number of hydrogen-bond acceptors (Lipinski definition) is 6. The highest BCUT2D eigenvalue weighted by Gasteiger charge is 2.30. The van der Waals surface area contributed by atoms with Crippen molar-refractivity contribution in [1.82, 2.24) is 14.9 Å². The lowest BCUT2D eigenvalue weighted by atomic mass is 9.92. The van der Waals surface area contributed by atoms with Crippen LogP contribution in [0.25, 0.3) is 10.8 Å². The Hall–Kier alpha value is -3.45. The zero-order valence-corrected chi connectivity index (χ0v) is 19.8. The van der Waals surface area contributed by atoms with Crippen LogP contribution >= 0.6 is 0 Å². The van der Waals surface area contributed by atoms with E-state index in [4.69, 9.17) is 19.4 Å². The molecule has 1 fully saturated rings. The number of benzene rings is 2. The number of piperazine rings is 1. The monoisotopic (exact) mass is 458 g/mol. The second-order valence-electron chi connectivity index (χ2n) is 8.73. The Morgan fingerprint density at radius 3 is 2.68 bits per heavy atom. The molecule has 1 amide bonds. The highest BCUT2D eigenvalue weighted by atomic mass is 16.5. The van der Waals surface area contributed by atoms with Crippen LogP contribution in [-0.2, 0) is 22.6 Å². The first kappa shape index (κ1) is 22.3. The number of fused-ring (bicyclic) bond motifs is 2. The molecule has 0 spiro atoms. The first-order chi connectivity index (χ1) is 16.6. The van der Waals surface area contributed by atoms with Crippen molar-refractivity contribution in [1.29, 1.82) is 0 Å². The maximum atomic E-state index is 12.0. The predicted octanol–water partition coefficient (Wildman–Crippen LogP) is 3.99. The first-order valence-corrected chi connectivity index (χ1v) is 11.9. The fourth-order valence-electron chi connectivity index (χ4n) is 4.98. The molecule has 0 aliphatic carbocycles. The average molecular weight is 459 g/mol. The molecule has 5 rings (SSSR count). The summed E-state index contributed by atoms with van der Waals surface area (Å²) >= 11 is 0. The Balaban J connectivity index is 1.47. The lowest BCUT2D eigenvalue weighted by molar-refractivity contribution is -0.126. The summed E-state index contributed by atoms with van der Waals surface area (Å²) in [5.74, 6) is 0.822. The van der Waals surface area contributed by atoms with Gasteiger partial charge in [0.25, 0.3) is 0 Å². The third kappa shape index (κ3) is 4.12. The minimum absolute atomic E-state index is 0.0315. The predicted molar refractivity (Wildman–Crippen MR) is 132 cm³/mol. The number of aryl methyl sites for hydroxylation is 1. The van der Waals surface area contributed by atoms with Gasteiger partial charge in [0.15, 0.2) is 0 Å². The van der Waals surface area contributed by atoms with Gasteiger partial charge in [-0.1, -0.05) is 43.0 Å². The summed E-state index contributed by atoms with van der Waals surface area (Å²) in [6.07, 6.45) is 1.95. The second kappa shape index (κ2) is 9.43. The first-order valence-electron chi connectivity index (χ1n) is 11.9. The van der Waals surface area contributed by atoms with Crippen LogP contribution in [0.5, 0.6) is 6.01 Å². The summed E-state index contributed by atoms with van der Waals surface area (Å²) in [5.41, 5.74) is 4.42. The van der Waals surface area contributed by atoms with E-state index in [1.165, 1.54) is 28.0 Å². The van der Waals surface area contributed by atoms with Crippen molar-refractivity contribution in [2.75, 3.05) is 37.7 Å². The van der Waals surface area contributed by atoms with Crippen LogP contribution < -0.4 is 9.64 Å². The number of ether oxygens (including phenoxy) is 2. The Kier molecular flexibility index (Phi) is 6.20. The molecule has 0 radical (unpaired) electrons. The molecule has 1 aromatic heterocycles. The van der Waals surface area contributed by atoms with Crippen LogP contribution in [0.3, 0.4) is 0 Å². The van der Waals surface area contributed by atoms with Crippen LogP contribution in [0.4, 0.5) is 5.82 Å². The van der Waals surface area contributed by atoms with Gasteiger partial charge in [0.2, 0.25) is 5.91 Å². The van der Waals surface area contributed by atoms with E-state index in [-0.39, 0.29) is 12.0 Å². The number of carbonyl (C=O) groups is 1. The zero-order chi connectivity index (χ0) is 23.7. The molecule has 1 saturated heterocycles. The van der Waals surface area contributed by atoms with Crippen LogP contribution in [0.15, 0.2) is 49.1 Å². The molecular weight excluding hydrogens is 428 g/mol. The third-order valence-electron chi connectivity index (χ3n) is 6.69. The Bertz CT molecular complexity index is 1230. The summed E-state index contributed by atoms with van der Waals surface area (Å²) in [7, 11) is 0. The molecule has 3 heterocycles. The van der Waals surface area contributed by atoms with Crippen LogP contribution in [0, 0.1) is 6.92 Å². The van der Waals surface area contributed by atoms with Crippen LogP contribution in [-0.4, -0.2) is 53.6 Å². The number of amides is 1. The molecule has 1 unspecified atom stereocenters. The number of aromatic nitrogens is 2. The summed E-state index contributed by atoms with van der Waals surface area (Å²) < 4.78 is 12.2. The van der Waals surface area contributed by atoms with E-state index in [1.807, 2.05) is 11.8 Å². The van der Waals surface area contributed by atoms with Gasteiger partial charge in [-0.05, 0) is 41.8 Å². The third-order valence-corrected chi connectivity index (χ3v) is 6.69. The van der Waals surface area contributed by atoms with Gasteiger partial charge in [0, 0.05) is 38.2 Å². The summed E-state index contributed by atoms with van der Waals surface area (Å²) in [4.78, 5) is 25.5. The maximum absolute atomic E-state index is 12.0. The number of rotatable bonds is 5. The molecule has 0 bridgehead atoms. The molecule has 0 saturated carbocycles. The van der Waals surface area contributed by atoms with E-state index in [1.54, 1.807) is 0 Å². The average Bonchev–Trinajstić information content (AvgIpc) is 2.87. The molecule has 2 aliphatic rings. The largest absolute Gasteiger partial charge is 0.464 e. The SMILES string of the molecule is C=CC(=O)N1CCN(c2nc(OCC)nc3c2COC(c2cccc4cccc(C)c24)C3)CC1. The van der Waals surface area contributed by atoms with Gasteiger partial charge in [0.1, 0.15) is 5.82 Å². The summed E-state index contributed by atoms with van der Waals surface area (Å²) in [6, 6.07) is 13.2. The van der Waals surface area contributed by atoms with Gasteiger partial charge in [-0.15, -0.1) is 0 Å². The molecule has 2 aromatic carbocycles. The van der Waals surface area contributed by atoms with E-state index in [0.29, 0.717) is 51.8 Å². The van der Waals surface area contributed by atoms with Crippen molar-refractivity contribution in [2.24, 2.45) is 0 Å². The van der Waals surface area contributed by atoms with Crippen molar-refractivity contribution in [3.8, 4) is 6.01 Å². The molecular formula is C27H30N4O3. The minimum atomic E-state index is -0.0865. The fourth-order valence-corrected chi connectivity index (χ4v) is 4.98. The van der Waals surface area contributed by atoms with Crippen molar-refractivity contribution >= 4 is 22.5 Å². The maximum Gasteiger partial charge on any atom is 0.318 e. The van der Waals surface area contributed by atoms with E-state index in [0.717, 1.165) is 17.1 Å². The molecule has 2 aliphatic heterocycles. The minimum Gasteiger partial charge on any atom is -0.464 e. The zero-order valence-electron chi connectivity index (χ0n) is 19.8. The van der Waals surface area contributed by atoms with Crippen molar-refractivity contribution in [3.63, 3.8) is 0 Å². The van der Waals surface area contributed by atoms with E-state index in [2.05, 4.69) is 54.8 Å². The molecule has 7 nitrogen and oxygen atoms in total. The lowest BCUT2D eigenvalue weighted by Gasteiger charge is -2.37. The highest BCUT2D eigenvalue weighted by Crippen LogP contribution is 2.38. The van der Waals surface area contributed by atoms with E-state index >= 15 is 0 Å². The number of hydrogen-bond donors (Lipinski definition) is 0. The van der Waals surface area contributed by atoms with Crippen LogP contribution in [0.2, 0.25) is 0 Å². The van der Waals surface area contributed by atoms with Crippen molar-refractivity contribution in [2.45, 2.75) is 33.0 Å². The standard InChI is InChI=1S/C27H30N4O3/c1-4-24(32)30-12-14-31(15-13-30)26-21-17-34-23(16-22(21)28-27(29-26)33-5-2)20-11-7-10-19-9-6-8-18(3)25(19)20/h4,6-11,23H,1,5,12-17H2,2-3H3. The molecule has 3 aromatic rings. The Labute approximate surface area is 200 Å². The molecule has 0 N–H and O–H groups in total. The topological polar surface area (TPSA) is 67.8 Å². The fraction of sp³-hybridized carbons (Fsp3) is 0.370. The Morgan fingerprint density at radius 2 is 1.94 bits per heavy atom. The normalized spacial score (nSPS) is 18.0. The van der Waals surface area contributed by atoms with Crippen molar-refractivity contribution < 1.29 is 14.3 Å². The van der Waals surface area contributed by atoms with Gasteiger partial charge in [-0.25, -0.2) is 0 Å². The molecule has 34 heavy (non-hydrogen) atoms. The molecule has 7 heteroatoms. The second-order valence-corrected chi connectivity index (χ2v) is 8.73.